The lowest BCUT2D eigenvalue weighted by atomic mass is 9.93. The van der Waals surface area contributed by atoms with E-state index in [0.29, 0.717) is 6.61 Å². The average Bonchev–Trinajstić information content (AvgIpc) is 0.778. The van der Waals surface area contributed by atoms with Gasteiger partial charge in [-0.05, 0) is 11.8 Å². The van der Waals surface area contributed by atoms with E-state index in [1.165, 1.54) is 0 Å². The van der Waals surface area contributed by atoms with Crippen molar-refractivity contribution in [1.82, 2.24) is 5.32 Å². The van der Waals surface area contributed by atoms with Crippen LogP contribution in [0, 0.1) is 5.41 Å². The third kappa shape index (κ3) is 18.8. The van der Waals surface area contributed by atoms with Crippen molar-refractivity contribution >= 4 is 5.91 Å². The van der Waals surface area contributed by atoms with Crippen molar-refractivity contribution in [2.75, 3.05) is 79.2 Å². The second-order valence-corrected chi connectivity index (χ2v) is 27.4. The van der Waals surface area contributed by atoms with Gasteiger partial charge in [-0.1, -0.05) is 20.8 Å². The van der Waals surface area contributed by atoms with Crippen LogP contribution >= 0.6 is 0 Å². The van der Waals surface area contributed by atoms with E-state index in [2.05, 4.69) is 5.32 Å². The molecule has 30 heterocycles. The molecule has 24 N–H and O–H groups in total. The summed E-state index contributed by atoms with van der Waals surface area (Å²) < 4.78 is 104. The van der Waals surface area contributed by atoms with Crippen LogP contribution in [0.3, 0.4) is 0 Å². The Labute approximate surface area is 581 Å². The third-order valence-electron chi connectivity index (χ3n) is 19.1. The molecule has 1 amide bonds. The first-order valence-electron chi connectivity index (χ1n) is 33.5. The number of rotatable bonds is 17. The smallest absolute Gasteiger partial charge is 0.222 e. The van der Waals surface area contributed by atoms with Gasteiger partial charge in [0.15, 0.2) is 50.3 Å². The van der Waals surface area contributed by atoms with Gasteiger partial charge in [-0.2, -0.15) is 0 Å². The molecule has 0 aromatic rings. The number of ether oxygens (including phenoxy) is 18. The molecule has 30 aliphatic rings. The minimum atomic E-state index is -2.30. The zero-order valence-corrected chi connectivity index (χ0v) is 55.5. The first-order chi connectivity index (χ1) is 48.4. The lowest BCUT2D eigenvalue weighted by molar-refractivity contribution is -0.403. The Morgan fingerprint density at radius 2 is 0.461 bits per heavy atom. The van der Waals surface area contributed by atoms with E-state index in [1.54, 1.807) is 0 Å². The molecule has 0 radical (unpaired) electrons. The molecule has 30 rings (SSSR count). The molecular formula is C59H101NO42. The lowest BCUT2D eigenvalue weighted by Crippen LogP contribution is -2.69. The summed E-state index contributed by atoms with van der Waals surface area (Å²) in [6.45, 7) is -1.52. The maximum Gasteiger partial charge on any atom is 0.222 e. The van der Waals surface area contributed by atoms with Crippen LogP contribution in [0.1, 0.15) is 33.6 Å². The number of aliphatic hydroxyl groups is 23. The fourth-order valence-electron chi connectivity index (χ4n) is 13.1. The second-order valence-electron chi connectivity index (χ2n) is 27.4. The van der Waals surface area contributed by atoms with Gasteiger partial charge in [-0.25, -0.2) is 0 Å². The lowest BCUT2D eigenvalue weighted by Gasteiger charge is -2.50. The Bertz CT molecular complexity index is 2500. The first kappa shape index (κ1) is 83.9. The Hall–Kier alpha value is -2.17. The molecule has 0 spiro atoms. The molecule has 16 bridgehead atoms. The highest BCUT2D eigenvalue weighted by atomic mass is 16.8. The van der Waals surface area contributed by atoms with Gasteiger partial charge in [-0.3, -0.25) is 4.79 Å². The molecule has 16 unspecified atom stereocenters. The molecule has 30 aliphatic heterocycles. The summed E-state index contributed by atoms with van der Waals surface area (Å²) in [6.07, 6.45) is -82.5. The summed E-state index contributed by atoms with van der Waals surface area (Å²) in [5.41, 5.74) is 0.0236. The first-order valence-corrected chi connectivity index (χ1v) is 33.5. The van der Waals surface area contributed by atoms with Crippen LogP contribution in [0.2, 0.25) is 0 Å². The van der Waals surface area contributed by atoms with Gasteiger partial charge >= 0.3 is 0 Å². The van der Waals surface area contributed by atoms with E-state index in [-0.39, 0.29) is 31.7 Å². The van der Waals surface area contributed by atoms with E-state index in [1.807, 2.05) is 20.8 Å². The Morgan fingerprint density at radius 3 is 0.657 bits per heavy atom. The van der Waals surface area contributed by atoms with Gasteiger partial charge in [0.2, 0.25) is 5.91 Å². The van der Waals surface area contributed by atoms with Crippen LogP contribution in [0.4, 0.5) is 0 Å². The predicted octanol–water partition coefficient (Wildman–Crippen LogP) is -15.4. The summed E-state index contributed by atoms with van der Waals surface area (Å²) >= 11 is 0. The maximum absolute atomic E-state index is 13.3. The molecule has 0 aromatic heterocycles. The van der Waals surface area contributed by atoms with Gasteiger partial charge in [0.1, 0.15) is 195 Å². The highest BCUT2D eigenvalue weighted by Gasteiger charge is 2.60. The summed E-state index contributed by atoms with van der Waals surface area (Å²) in [5, 5.41) is 261. The molecule has 0 aliphatic carbocycles. The largest absolute Gasteiger partial charge is 0.394 e. The molecule has 43 heteroatoms. The predicted molar refractivity (Wildman–Crippen MR) is 317 cm³/mol. The van der Waals surface area contributed by atoms with E-state index < -0.39 is 304 Å². The molecule has 102 heavy (non-hydrogen) atoms. The number of aliphatic hydroxyl groups excluding tert-OH is 23. The van der Waals surface area contributed by atoms with E-state index in [0.717, 1.165) is 6.42 Å². The zero-order chi connectivity index (χ0) is 74.5. The zero-order valence-electron chi connectivity index (χ0n) is 55.5. The highest BCUT2D eigenvalue weighted by molar-refractivity contribution is 5.76. The van der Waals surface area contributed by atoms with Crippen molar-refractivity contribution < 1.29 is 208 Å². The monoisotopic (exact) mass is 1500 g/mol. The molecule has 40 atom stereocenters. The van der Waals surface area contributed by atoms with E-state index in [9.17, 15) is 122 Å². The van der Waals surface area contributed by atoms with E-state index >= 15 is 0 Å². The Balaban J connectivity index is 0.974. The number of carbonyl (C=O) groups is 1. The van der Waals surface area contributed by atoms with Gasteiger partial charge in [0.05, 0.1) is 66.1 Å². The maximum atomic E-state index is 13.3. The summed E-state index contributed by atoms with van der Waals surface area (Å²) in [5.74, 6) is -0.688. The summed E-state index contributed by atoms with van der Waals surface area (Å²) in [4.78, 5) is 13.3. The fourth-order valence-corrected chi connectivity index (χ4v) is 13.1. The quantitative estimate of drug-likeness (QED) is 0.0601. The molecular weight excluding hydrogens is 1390 g/mol. The standard InChI is InChI=1S/C59H101NO42/c1-59(2,3)5-7-86-9-8-85-6-4-26(68)60-10-18-43-27(69)35(77)51(87-18)96-44-19(11-61)89-53(37(79)29(44)71)98-46-21(13-63)91-55(39(81)31(46)73)100-48-23(15-65)93-57(41(83)33(48)75)102-50-25(17-67)94-58(42(84)34(50)76)101-49-24(16-66)92-56(40(82)32(49)74)99-47-22(14-64)90-54(38(80)30(47)72)97-45-20(12-62)88-52(95-43)36(78)28(45)70/h18-25,27-58,61-67,69-84H,4-17H2,1-3H3,(H,60,68)/t18?,19?,20?,21?,22?,23?,24?,25?,27-,28-,29-,30-,31-,32-,33-,34-,35?,36?,37?,38?,39?,40?,41?,42?,43+,44-,45-,46-,47-,48-,49-,50-,51-,52-,53-,54-,55-,56+,57-,58-/m1/s1. The van der Waals surface area contributed by atoms with Gasteiger partial charge in [0, 0.05) is 19.6 Å². The number of carbonyl (C=O) groups excluding carboxylic acids is 1. The van der Waals surface area contributed by atoms with Crippen LogP contribution in [0.5, 0.6) is 0 Å². The minimum Gasteiger partial charge on any atom is -0.394 e. The molecule has 594 valence electrons. The van der Waals surface area contributed by atoms with Crippen LogP contribution in [0.25, 0.3) is 0 Å². The number of hydrogen-bond acceptors (Lipinski definition) is 42. The third-order valence-corrected chi connectivity index (χ3v) is 19.1. The van der Waals surface area contributed by atoms with Crippen LogP contribution < -0.4 is 5.32 Å². The van der Waals surface area contributed by atoms with Crippen LogP contribution in [-0.2, 0) is 90.1 Å². The van der Waals surface area contributed by atoms with Gasteiger partial charge < -0.3 is 208 Å². The fraction of sp³-hybridized carbons (Fsp3) is 0.983. The van der Waals surface area contributed by atoms with Crippen LogP contribution in [0.15, 0.2) is 0 Å². The number of hydrogen-bond donors (Lipinski definition) is 24. The molecule has 0 saturated carbocycles. The highest BCUT2D eigenvalue weighted by Crippen LogP contribution is 2.40. The molecule has 30 fully saturated rings. The van der Waals surface area contributed by atoms with Crippen molar-refractivity contribution in [3.05, 3.63) is 0 Å². The van der Waals surface area contributed by atoms with E-state index in [4.69, 9.17) is 85.3 Å². The SMILES string of the molecule is CC(C)(C)CCOCCOCCC(=O)NCC1O[C@@H]2O[C@@H]3C(CO)O[C@H](O[C@@H]4C(CO)O[C@H](O[C@@H]5C(CO)O[C@H](O[C@@H]6C(CO)O[C@H](O[C@@H]7C(CO)O[C@@H](O[C@@H]8C(CO)O[C@H](O[C@@H]9C(CO)O[C@H](O[C@@H]1[C@H](O)C2O)C(O)[C@H]9O)C(O)[C@H]8O)C(O)[C@H]7O)C(O)[C@H]6O)C(O)[C@H]5O)C(O)[C@H]4O)C(O)[C@H]3O. The molecule has 30 saturated heterocycles. The van der Waals surface area contributed by atoms with Crippen molar-refractivity contribution in [2.24, 2.45) is 5.41 Å². The van der Waals surface area contributed by atoms with Gasteiger partial charge in [0.25, 0.3) is 0 Å². The second kappa shape index (κ2) is 37.0. The normalized spacial score (nSPS) is 49.5. The molecule has 43 nitrogen and oxygen atoms in total. The summed E-state index contributed by atoms with van der Waals surface area (Å²) in [7, 11) is 0. The van der Waals surface area contributed by atoms with Crippen molar-refractivity contribution in [1.29, 1.82) is 0 Å². The summed E-state index contributed by atoms with van der Waals surface area (Å²) in [6, 6.07) is 0. The molecule has 0 aromatic carbocycles. The topological polar surface area (TPSA) is 661 Å². The van der Waals surface area contributed by atoms with Crippen molar-refractivity contribution in [3.8, 4) is 0 Å². The van der Waals surface area contributed by atoms with Crippen molar-refractivity contribution in [2.45, 2.75) is 279 Å². The van der Waals surface area contributed by atoms with Crippen molar-refractivity contribution in [3.63, 3.8) is 0 Å². The minimum absolute atomic E-state index is 0.0236. The van der Waals surface area contributed by atoms with Gasteiger partial charge in [-0.15, -0.1) is 0 Å². The Kier molecular flexibility index (Phi) is 30.4. The number of nitrogens with one attached hydrogen (secondary N) is 1. The Morgan fingerprint density at radius 1 is 0.275 bits per heavy atom. The van der Waals surface area contributed by atoms with Crippen LogP contribution in [-0.4, -0.2) is 448 Å². The number of amides is 1. The average molecular weight is 1500 g/mol.